The normalized spacial score (nSPS) is 9.67. The van der Waals surface area contributed by atoms with Gasteiger partial charge in [-0.2, -0.15) is 0 Å². The van der Waals surface area contributed by atoms with Crippen LogP contribution in [0.3, 0.4) is 0 Å². The van der Waals surface area contributed by atoms with E-state index in [1.54, 1.807) is 11.4 Å². The van der Waals surface area contributed by atoms with Crippen molar-refractivity contribution < 1.29 is 4.79 Å². The Morgan fingerprint density at radius 2 is 2.14 bits per heavy atom. The number of para-hydroxylation sites is 2. The monoisotopic (exact) mass is 299 g/mol. The van der Waals surface area contributed by atoms with Gasteiger partial charge in [-0.15, -0.1) is 11.3 Å². The van der Waals surface area contributed by atoms with Crippen LogP contribution in [0.25, 0.3) is 0 Å². The van der Waals surface area contributed by atoms with Crippen molar-refractivity contribution in [2.45, 2.75) is 0 Å². The summed E-state index contributed by atoms with van der Waals surface area (Å²) in [6.07, 6.45) is 0. The molecule has 0 fully saturated rings. The lowest BCUT2D eigenvalue weighted by Gasteiger charge is -2.17. The lowest BCUT2D eigenvalue weighted by molar-refractivity contribution is 0.102. The fourth-order valence-corrected chi connectivity index (χ4v) is 2.58. The van der Waals surface area contributed by atoms with E-state index in [1.165, 1.54) is 11.3 Å². The van der Waals surface area contributed by atoms with Crippen LogP contribution in [0.5, 0.6) is 0 Å². The molecule has 1 heterocycles. The molecule has 0 aliphatic heterocycles. The highest BCUT2D eigenvalue weighted by Crippen LogP contribution is 2.24. The van der Waals surface area contributed by atoms with E-state index in [1.807, 2.05) is 43.3 Å². The van der Waals surface area contributed by atoms with E-state index in [4.69, 9.17) is 5.73 Å². The standard InChI is InChI=1S/C16H17N3OS/c1-19(2)15-8-4-3-7-14(15)18-16(20)12-10-13(21-11-12)6-5-9-17/h3-4,7-8,10-11H,9,17H2,1-2H3,(H,18,20). The molecular weight excluding hydrogens is 282 g/mol. The molecule has 0 aliphatic rings. The minimum atomic E-state index is -0.138. The number of carbonyl (C=O) groups is 1. The zero-order valence-electron chi connectivity index (χ0n) is 12.0. The predicted octanol–water partition coefficient (Wildman–Crippen LogP) is 2.38. The van der Waals surface area contributed by atoms with Gasteiger partial charge < -0.3 is 16.0 Å². The van der Waals surface area contributed by atoms with Crippen LogP contribution in [0.4, 0.5) is 11.4 Å². The number of benzene rings is 1. The van der Waals surface area contributed by atoms with Crippen molar-refractivity contribution in [3.63, 3.8) is 0 Å². The Balaban J connectivity index is 2.17. The minimum Gasteiger partial charge on any atom is -0.376 e. The maximum absolute atomic E-state index is 12.3. The fraction of sp³-hybridized carbons (Fsp3) is 0.188. The van der Waals surface area contributed by atoms with Crippen molar-refractivity contribution in [1.82, 2.24) is 0 Å². The summed E-state index contributed by atoms with van der Waals surface area (Å²) in [5, 5.41) is 4.73. The first kappa shape index (κ1) is 15.1. The van der Waals surface area contributed by atoms with E-state index < -0.39 is 0 Å². The lowest BCUT2D eigenvalue weighted by Crippen LogP contribution is -2.16. The molecule has 1 aromatic carbocycles. The zero-order chi connectivity index (χ0) is 15.2. The van der Waals surface area contributed by atoms with Crippen LogP contribution in [0.2, 0.25) is 0 Å². The maximum atomic E-state index is 12.3. The molecule has 108 valence electrons. The number of hydrogen-bond acceptors (Lipinski definition) is 4. The first-order valence-electron chi connectivity index (χ1n) is 6.47. The van der Waals surface area contributed by atoms with Crippen LogP contribution < -0.4 is 16.0 Å². The summed E-state index contributed by atoms with van der Waals surface area (Å²) in [6.45, 7) is 0.315. The largest absolute Gasteiger partial charge is 0.376 e. The second kappa shape index (κ2) is 6.93. The van der Waals surface area contributed by atoms with Crippen molar-refractivity contribution >= 4 is 28.6 Å². The molecule has 3 N–H and O–H groups in total. The van der Waals surface area contributed by atoms with Crippen molar-refractivity contribution in [1.29, 1.82) is 0 Å². The minimum absolute atomic E-state index is 0.138. The van der Waals surface area contributed by atoms with Crippen LogP contribution in [0.1, 0.15) is 15.2 Å². The number of thiophene rings is 1. The number of carbonyl (C=O) groups excluding carboxylic acids is 1. The molecular formula is C16H17N3OS. The molecule has 21 heavy (non-hydrogen) atoms. The third-order valence-electron chi connectivity index (χ3n) is 2.81. The number of rotatable bonds is 3. The molecule has 1 amide bonds. The van der Waals surface area contributed by atoms with Gasteiger partial charge in [-0.3, -0.25) is 4.79 Å². The van der Waals surface area contributed by atoms with E-state index in [9.17, 15) is 4.79 Å². The molecule has 0 radical (unpaired) electrons. The summed E-state index contributed by atoms with van der Waals surface area (Å²) in [7, 11) is 3.88. The summed E-state index contributed by atoms with van der Waals surface area (Å²) in [5.41, 5.74) is 7.69. The van der Waals surface area contributed by atoms with Gasteiger partial charge in [-0.05, 0) is 18.2 Å². The van der Waals surface area contributed by atoms with Crippen LogP contribution in [-0.4, -0.2) is 26.5 Å². The summed E-state index contributed by atoms with van der Waals surface area (Å²) < 4.78 is 0. The highest BCUT2D eigenvalue weighted by Gasteiger charge is 2.11. The van der Waals surface area contributed by atoms with Gasteiger partial charge in [0.1, 0.15) is 0 Å². The van der Waals surface area contributed by atoms with Crippen LogP contribution in [-0.2, 0) is 0 Å². The maximum Gasteiger partial charge on any atom is 0.256 e. The van der Waals surface area contributed by atoms with Gasteiger partial charge in [-0.25, -0.2) is 0 Å². The molecule has 0 aliphatic carbocycles. The van der Waals surface area contributed by atoms with Crippen LogP contribution in [0.15, 0.2) is 35.7 Å². The lowest BCUT2D eigenvalue weighted by atomic mass is 10.2. The fourth-order valence-electron chi connectivity index (χ4n) is 1.82. The third kappa shape index (κ3) is 3.85. The first-order chi connectivity index (χ1) is 10.1. The second-order valence-electron chi connectivity index (χ2n) is 4.57. The number of nitrogens with one attached hydrogen (secondary N) is 1. The van der Waals surface area contributed by atoms with E-state index in [2.05, 4.69) is 17.2 Å². The molecule has 0 bridgehead atoms. The van der Waals surface area contributed by atoms with Gasteiger partial charge in [-0.1, -0.05) is 24.0 Å². The molecule has 0 spiro atoms. The van der Waals surface area contributed by atoms with E-state index in [-0.39, 0.29) is 5.91 Å². The van der Waals surface area contributed by atoms with Gasteiger partial charge in [0.25, 0.3) is 5.91 Å². The van der Waals surface area contributed by atoms with Crippen molar-refractivity contribution in [3.05, 3.63) is 46.2 Å². The van der Waals surface area contributed by atoms with Crippen LogP contribution >= 0.6 is 11.3 Å². The zero-order valence-corrected chi connectivity index (χ0v) is 12.8. The quantitative estimate of drug-likeness (QED) is 0.856. The summed E-state index contributed by atoms with van der Waals surface area (Å²) in [5.74, 6) is 5.57. The summed E-state index contributed by atoms with van der Waals surface area (Å²) in [6, 6.07) is 9.46. The first-order valence-corrected chi connectivity index (χ1v) is 7.35. The highest BCUT2D eigenvalue weighted by atomic mass is 32.1. The Labute approximate surface area is 128 Å². The van der Waals surface area contributed by atoms with E-state index in [0.29, 0.717) is 12.1 Å². The molecule has 4 nitrogen and oxygen atoms in total. The Hall–Kier alpha value is -2.29. The van der Waals surface area contributed by atoms with Crippen molar-refractivity contribution in [2.75, 3.05) is 30.9 Å². The second-order valence-corrected chi connectivity index (χ2v) is 5.48. The SMILES string of the molecule is CN(C)c1ccccc1NC(=O)c1csc(C#CCN)c1. The van der Waals surface area contributed by atoms with Gasteiger partial charge in [0, 0.05) is 19.5 Å². The number of anilines is 2. The average molecular weight is 299 g/mol. The average Bonchev–Trinajstić information content (AvgIpc) is 2.94. The van der Waals surface area contributed by atoms with E-state index in [0.717, 1.165) is 16.3 Å². The van der Waals surface area contributed by atoms with Gasteiger partial charge in [0.15, 0.2) is 0 Å². The summed E-state index contributed by atoms with van der Waals surface area (Å²) in [4.78, 5) is 15.1. The van der Waals surface area contributed by atoms with Crippen LogP contribution in [0, 0.1) is 11.8 Å². The van der Waals surface area contributed by atoms with Crippen molar-refractivity contribution in [2.24, 2.45) is 5.73 Å². The highest BCUT2D eigenvalue weighted by molar-refractivity contribution is 7.10. The molecule has 0 unspecified atom stereocenters. The van der Waals surface area contributed by atoms with Gasteiger partial charge >= 0.3 is 0 Å². The molecule has 0 saturated heterocycles. The molecule has 0 saturated carbocycles. The number of hydrogen-bond donors (Lipinski definition) is 2. The van der Waals surface area contributed by atoms with Gasteiger partial charge in [0.2, 0.25) is 0 Å². The summed E-state index contributed by atoms with van der Waals surface area (Å²) >= 11 is 1.44. The predicted molar refractivity (Wildman–Crippen MR) is 89.0 cm³/mol. The third-order valence-corrected chi connectivity index (χ3v) is 3.65. The Bertz CT molecular complexity index is 695. The molecule has 0 atom stereocenters. The topological polar surface area (TPSA) is 58.4 Å². The van der Waals surface area contributed by atoms with E-state index >= 15 is 0 Å². The number of nitrogens with two attached hydrogens (primary N) is 1. The molecule has 5 heteroatoms. The molecule has 2 rings (SSSR count). The smallest absolute Gasteiger partial charge is 0.256 e. The number of amides is 1. The molecule has 2 aromatic rings. The van der Waals surface area contributed by atoms with Crippen molar-refractivity contribution in [3.8, 4) is 11.8 Å². The van der Waals surface area contributed by atoms with Gasteiger partial charge in [0.05, 0.1) is 28.4 Å². The molecule has 1 aromatic heterocycles. The Morgan fingerprint density at radius 3 is 2.86 bits per heavy atom. The Kier molecular flexibility index (Phi) is 4.99. The number of nitrogens with zero attached hydrogens (tertiary/aromatic N) is 1. The Morgan fingerprint density at radius 1 is 1.38 bits per heavy atom.